The molecule has 2 aromatic rings. The number of carbonyl (C=O) groups is 2. The van der Waals surface area contributed by atoms with Gasteiger partial charge in [-0.2, -0.15) is 0 Å². The van der Waals surface area contributed by atoms with Crippen LogP contribution in [0.5, 0.6) is 0 Å². The molecule has 1 N–H and O–H groups in total. The smallest absolute Gasteiger partial charge is 0.408 e. The Morgan fingerprint density at radius 1 is 1.05 bits per heavy atom. The molecule has 0 aromatic heterocycles. The van der Waals surface area contributed by atoms with Gasteiger partial charge in [0.15, 0.2) is 5.78 Å². The predicted octanol–water partition coefficient (Wildman–Crippen LogP) is 3.49. The zero-order valence-corrected chi connectivity index (χ0v) is 12.7. The molecular formula is C18H19NO3. The quantitative estimate of drug-likeness (QED) is 0.859. The number of hydrogen-bond acceptors (Lipinski definition) is 3. The Labute approximate surface area is 130 Å². The van der Waals surface area contributed by atoms with Crippen LogP contribution in [-0.4, -0.2) is 17.9 Å². The van der Waals surface area contributed by atoms with Crippen LogP contribution in [0.2, 0.25) is 0 Å². The topological polar surface area (TPSA) is 55.4 Å². The third-order valence-corrected chi connectivity index (χ3v) is 3.28. The first-order chi connectivity index (χ1) is 10.6. The van der Waals surface area contributed by atoms with Gasteiger partial charge in [0.2, 0.25) is 0 Å². The van der Waals surface area contributed by atoms with Crippen molar-refractivity contribution in [2.45, 2.75) is 26.5 Å². The Morgan fingerprint density at radius 2 is 1.68 bits per heavy atom. The molecule has 0 radical (unpaired) electrons. The SMILES string of the molecule is Cc1ccc(C(=O)[C@H](C)NC(=O)OCc2ccccc2)cc1. The van der Waals surface area contributed by atoms with Crippen molar-refractivity contribution in [1.82, 2.24) is 5.32 Å². The van der Waals surface area contributed by atoms with Crippen LogP contribution in [0.25, 0.3) is 0 Å². The third-order valence-electron chi connectivity index (χ3n) is 3.28. The second kappa shape index (κ2) is 7.41. The third kappa shape index (κ3) is 4.45. The molecule has 0 fully saturated rings. The summed E-state index contributed by atoms with van der Waals surface area (Å²) in [6.45, 7) is 3.78. The first-order valence-electron chi connectivity index (χ1n) is 7.14. The first kappa shape index (κ1) is 15.8. The molecule has 4 heteroatoms. The number of Topliss-reactive ketones (excluding diaryl/α,β-unsaturated/α-hetero) is 1. The molecule has 0 aliphatic heterocycles. The van der Waals surface area contributed by atoms with Gasteiger partial charge in [0, 0.05) is 5.56 Å². The Bertz CT molecular complexity index is 635. The summed E-state index contributed by atoms with van der Waals surface area (Å²) in [6.07, 6.45) is -0.600. The summed E-state index contributed by atoms with van der Waals surface area (Å²) >= 11 is 0. The minimum Gasteiger partial charge on any atom is -0.445 e. The maximum atomic E-state index is 12.2. The molecule has 2 rings (SSSR count). The monoisotopic (exact) mass is 297 g/mol. The van der Waals surface area contributed by atoms with Gasteiger partial charge in [0.05, 0.1) is 6.04 Å². The number of ketones is 1. The predicted molar refractivity (Wildman–Crippen MR) is 84.7 cm³/mol. The van der Waals surface area contributed by atoms with E-state index >= 15 is 0 Å². The molecule has 4 nitrogen and oxygen atoms in total. The fourth-order valence-corrected chi connectivity index (χ4v) is 1.97. The van der Waals surface area contributed by atoms with E-state index < -0.39 is 12.1 Å². The lowest BCUT2D eigenvalue weighted by Gasteiger charge is -2.13. The van der Waals surface area contributed by atoms with Crippen LogP contribution >= 0.6 is 0 Å². The molecule has 0 spiro atoms. The number of nitrogens with one attached hydrogen (secondary N) is 1. The fraction of sp³-hybridized carbons (Fsp3) is 0.222. The highest BCUT2D eigenvalue weighted by molar-refractivity contribution is 6.01. The molecule has 2 aromatic carbocycles. The summed E-state index contributed by atoms with van der Waals surface area (Å²) in [4.78, 5) is 23.9. The van der Waals surface area contributed by atoms with Crippen molar-refractivity contribution in [1.29, 1.82) is 0 Å². The zero-order chi connectivity index (χ0) is 15.9. The van der Waals surface area contributed by atoms with Crippen molar-refractivity contribution in [3.63, 3.8) is 0 Å². The van der Waals surface area contributed by atoms with E-state index in [-0.39, 0.29) is 12.4 Å². The molecule has 0 saturated carbocycles. The van der Waals surface area contributed by atoms with Gasteiger partial charge in [-0.05, 0) is 19.4 Å². The van der Waals surface area contributed by atoms with Crippen molar-refractivity contribution < 1.29 is 14.3 Å². The van der Waals surface area contributed by atoms with E-state index in [4.69, 9.17) is 4.74 Å². The van der Waals surface area contributed by atoms with Crippen molar-refractivity contribution in [3.05, 3.63) is 71.3 Å². The Hall–Kier alpha value is -2.62. The Kier molecular flexibility index (Phi) is 5.31. The molecule has 0 saturated heterocycles. The maximum Gasteiger partial charge on any atom is 0.408 e. The standard InChI is InChI=1S/C18H19NO3/c1-13-8-10-16(11-9-13)17(20)14(2)19-18(21)22-12-15-6-4-3-5-7-15/h3-11,14H,12H2,1-2H3,(H,19,21)/t14-/m0/s1. The summed E-state index contributed by atoms with van der Waals surface area (Å²) < 4.78 is 5.10. The largest absolute Gasteiger partial charge is 0.445 e. The van der Waals surface area contributed by atoms with Crippen molar-refractivity contribution in [2.24, 2.45) is 0 Å². The number of carbonyl (C=O) groups excluding carboxylic acids is 2. The van der Waals surface area contributed by atoms with Crippen molar-refractivity contribution >= 4 is 11.9 Å². The second-order valence-corrected chi connectivity index (χ2v) is 5.16. The minimum absolute atomic E-state index is 0.142. The van der Waals surface area contributed by atoms with E-state index in [1.807, 2.05) is 49.4 Å². The van der Waals surface area contributed by atoms with Gasteiger partial charge < -0.3 is 10.1 Å². The fourth-order valence-electron chi connectivity index (χ4n) is 1.97. The molecule has 0 aliphatic carbocycles. The maximum absolute atomic E-state index is 12.2. The zero-order valence-electron chi connectivity index (χ0n) is 12.7. The van der Waals surface area contributed by atoms with Gasteiger partial charge in [-0.15, -0.1) is 0 Å². The van der Waals surface area contributed by atoms with Gasteiger partial charge in [-0.25, -0.2) is 4.79 Å². The van der Waals surface area contributed by atoms with Gasteiger partial charge >= 0.3 is 6.09 Å². The van der Waals surface area contributed by atoms with Gasteiger partial charge in [0.1, 0.15) is 6.61 Å². The Morgan fingerprint density at radius 3 is 2.32 bits per heavy atom. The van der Waals surface area contributed by atoms with Gasteiger partial charge in [0.25, 0.3) is 0 Å². The number of aryl methyl sites for hydroxylation is 1. The van der Waals surface area contributed by atoms with E-state index in [1.54, 1.807) is 19.1 Å². The van der Waals surface area contributed by atoms with E-state index in [9.17, 15) is 9.59 Å². The lowest BCUT2D eigenvalue weighted by Crippen LogP contribution is -2.38. The molecule has 114 valence electrons. The van der Waals surface area contributed by atoms with E-state index in [0.29, 0.717) is 5.56 Å². The second-order valence-electron chi connectivity index (χ2n) is 5.16. The highest BCUT2D eigenvalue weighted by Gasteiger charge is 2.17. The molecular weight excluding hydrogens is 278 g/mol. The first-order valence-corrected chi connectivity index (χ1v) is 7.14. The molecule has 0 bridgehead atoms. The van der Waals surface area contributed by atoms with Crippen molar-refractivity contribution in [2.75, 3.05) is 0 Å². The van der Waals surface area contributed by atoms with E-state index in [2.05, 4.69) is 5.32 Å². The number of alkyl carbamates (subject to hydrolysis) is 1. The van der Waals surface area contributed by atoms with Crippen LogP contribution in [0.15, 0.2) is 54.6 Å². The van der Waals surface area contributed by atoms with Crippen LogP contribution in [0, 0.1) is 6.92 Å². The number of amides is 1. The minimum atomic E-state index is -0.633. The molecule has 1 amide bonds. The Balaban J connectivity index is 1.85. The van der Waals surface area contributed by atoms with E-state index in [1.165, 1.54) is 0 Å². The molecule has 0 aliphatic rings. The summed E-state index contributed by atoms with van der Waals surface area (Å²) in [5, 5.41) is 2.55. The van der Waals surface area contributed by atoms with Crippen molar-refractivity contribution in [3.8, 4) is 0 Å². The summed E-state index contributed by atoms with van der Waals surface area (Å²) in [5.41, 5.74) is 2.55. The molecule has 1 atom stereocenters. The normalized spacial score (nSPS) is 11.5. The summed E-state index contributed by atoms with van der Waals surface area (Å²) in [6, 6.07) is 16.0. The van der Waals surface area contributed by atoms with Gasteiger partial charge in [-0.1, -0.05) is 60.2 Å². The average Bonchev–Trinajstić information content (AvgIpc) is 2.54. The molecule has 0 unspecified atom stereocenters. The summed E-state index contributed by atoms with van der Waals surface area (Å²) in [5.74, 6) is -0.142. The number of hydrogen-bond donors (Lipinski definition) is 1. The van der Waals surface area contributed by atoms with Gasteiger partial charge in [-0.3, -0.25) is 4.79 Å². The van der Waals surface area contributed by atoms with Crippen LogP contribution in [0.4, 0.5) is 4.79 Å². The average molecular weight is 297 g/mol. The number of ether oxygens (including phenoxy) is 1. The van der Waals surface area contributed by atoms with Crippen LogP contribution < -0.4 is 5.32 Å². The lowest BCUT2D eigenvalue weighted by molar-refractivity contribution is 0.0926. The van der Waals surface area contributed by atoms with Crippen LogP contribution in [0.3, 0.4) is 0 Å². The van der Waals surface area contributed by atoms with E-state index in [0.717, 1.165) is 11.1 Å². The summed E-state index contributed by atoms with van der Waals surface area (Å²) in [7, 11) is 0. The van der Waals surface area contributed by atoms with Crippen LogP contribution in [0.1, 0.15) is 28.4 Å². The molecule has 22 heavy (non-hydrogen) atoms. The number of rotatable bonds is 5. The lowest BCUT2D eigenvalue weighted by atomic mass is 10.0. The molecule has 0 heterocycles. The van der Waals surface area contributed by atoms with Crippen LogP contribution in [-0.2, 0) is 11.3 Å². The highest BCUT2D eigenvalue weighted by atomic mass is 16.5. The highest BCUT2D eigenvalue weighted by Crippen LogP contribution is 2.07. The number of benzene rings is 2.